The second kappa shape index (κ2) is 81.2. The van der Waals surface area contributed by atoms with Gasteiger partial charge < -0.3 is 20.3 Å². The van der Waals surface area contributed by atoms with Gasteiger partial charge in [0.05, 0.1) is 25.4 Å². The van der Waals surface area contributed by atoms with E-state index in [1.54, 1.807) is 0 Å². The van der Waals surface area contributed by atoms with Gasteiger partial charge in [0, 0.05) is 12.8 Å². The molecule has 0 bridgehead atoms. The molecule has 542 valence electrons. The fraction of sp³-hybridized carbons (Fsp3) is 0.884. The number of nitrogens with one attached hydrogen (secondary N) is 1. The monoisotopic (exact) mass is 1290 g/mol. The van der Waals surface area contributed by atoms with Crippen LogP contribution >= 0.6 is 0 Å². The van der Waals surface area contributed by atoms with Gasteiger partial charge in [0.1, 0.15) is 0 Å². The van der Waals surface area contributed by atoms with Gasteiger partial charge in [0.15, 0.2) is 0 Å². The maximum absolute atomic E-state index is 12.6. The lowest BCUT2D eigenvalue weighted by Crippen LogP contribution is -2.45. The van der Waals surface area contributed by atoms with Crippen LogP contribution in [0.1, 0.15) is 463 Å². The van der Waals surface area contributed by atoms with Crippen molar-refractivity contribution in [3.05, 3.63) is 48.6 Å². The van der Waals surface area contributed by atoms with E-state index in [1.807, 2.05) is 0 Å². The highest BCUT2D eigenvalue weighted by molar-refractivity contribution is 5.76. The molecule has 0 aromatic carbocycles. The number of aliphatic hydroxyl groups excluding tert-OH is 2. The number of aliphatic hydroxyl groups is 2. The number of amides is 1. The first kappa shape index (κ1) is 89.8. The van der Waals surface area contributed by atoms with E-state index in [0.717, 1.165) is 57.8 Å². The maximum Gasteiger partial charge on any atom is 0.305 e. The highest BCUT2D eigenvalue weighted by Crippen LogP contribution is 2.20. The molecule has 0 aromatic rings. The zero-order valence-electron chi connectivity index (χ0n) is 62.3. The summed E-state index contributed by atoms with van der Waals surface area (Å²) in [6, 6.07) is -0.542. The van der Waals surface area contributed by atoms with Gasteiger partial charge in [-0.15, -0.1) is 0 Å². The molecule has 0 aliphatic heterocycles. The minimum Gasteiger partial charge on any atom is -0.466 e. The summed E-state index contributed by atoms with van der Waals surface area (Å²) in [4.78, 5) is 24.7. The van der Waals surface area contributed by atoms with Crippen molar-refractivity contribution in [1.29, 1.82) is 0 Å². The van der Waals surface area contributed by atoms with Crippen molar-refractivity contribution in [3.8, 4) is 0 Å². The molecule has 0 heterocycles. The van der Waals surface area contributed by atoms with Crippen molar-refractivity contribution < 1.29 is 24.5 Å². The third-order valence-corrected chi connectivity index (χ3v) is 19.6. The van der Waals surface area contributed by atoms with Crippen LogP contribution in [0.2, 0.25) is 0 Å². The lowest BCUT2D eigenvalue weighted by Gasteiger charge is -2.22. The molecule has 92 heavy (non-hydrogen) atoms. The fourth-order valence-electron chi connectivity index (χ4n) is 13.2. The van der Waals surface area contributed by atoms with Gasteiger partial charge >= 0.3 is 5.97 Å². The minimum atomic E-state index is -0.665. The van der Waals surface area contributed by atoms with Gasteiger partial charge in [-0.05, 0) is 89.9 Å². The van der Waals surface area contributed by atoms with Crippen molar-refractivity contribution in [2.24, 2.45) is 0 Å². The van der Waals surface area contributed by atoms with E-state index < -0.39 is 12.1 Å². The van der Waals surface area contributed by atoms with E-state index in [0.29, 0.717) is 25.9 Å². The Morgan fingerprint density at radius 2 is 0.543 bits per heavy atom. The first-order valence-electron chi connectivity index (χ1n) is 41.9. The van der Waals surface area contributed by atoms with Crippen LogP contribution in [-0.2, 0) is 14.3 Å². The number of hydrogen-bond donors (Lipinski definition) is 3. The number of hydrogen-bond acceptors (Lipinski definition) is 5. The largest absolute Gasteiger partial charge is 0.466 e. The molecular formula is C86H163NO5. The minimum absolute atomic E-state index is 0.00388. The molecule has 2 unspecified atom stereocenters. The van der Waals surface area contributed by atoms with E-state index in [9.17, 15) is 19.8 Å². The van der Waals surface area contributed by atoms with Crippen LogP contribution in [-0.4, -0.2) is 47.4 Å². The molecule has 0 fully saturated rings. The SMILES string of the molecule is CCCCCC/C=C\C/C=C\CCCCCCCC(=O)OCCCCCCCCCCCCC/C=C\C/C=C\CCCCCCCCCCCCCCCCCCCC(=O)NC(CO)C(O)CCCCCCCCCCCCCCCCCCCCCCCCCC. The summed E-state index contributed by atoms with van der Waals surface area (Å²) >= 11 is 0. The average molecular weight is 1290 g/mol. The molecule has 3 N–H and O–H groups in total. The molecule has 0 spiro atoms. The van der Waals surface area contributed by atoms with E-state index in [4.69, 9.17) is 4.74 Å². The molecule has 1 amide bonds. The Balaban J connectivity index is 3.38. The molecule has 6 heteroatoms. The predicted molar refractivity (Wildman–Crippen MR) is 407 cm³/mol. The highest BCUT2D eigenvalue weighted by Gasteiger charge is 2.20. The second-order valence-electron chi connectivity index (χ2n) is 28.8. The Labute approximate surface area is 576 Å². The van der Waals surface area contributed by atoms with Crippen LogP contribution in [0.5, 0.6) is 0 Å². The highest BCUT2D eigenvalue weighted by atomic mass is 16.5. The average Bonchev–Trinajstić information content (AvgIpc) is 3.61. The van der Waals surface area contributed by atoms with Gasteiger partial charge in [0.25, 0.3) is 0 Å². The van der Waals surface area contributed by atoms with Crippen LogP contribution in [0.3, 0.4) is 0 Å². The molecule has 0 aliphatic rings. The summed E-state index contributed by atoms with van der Waals surface area (Å²) in [5.74, 6) is -0.0234. The zero-order valence-corrected chi connectivity index (χ0v) is 62.3. The Morgan fingerprint density at radius 1 is 0.304 bits per heavy atom. The van der Waals surface area contributed by atoms with Gasteiger partial charge in [-0.1, -0.05) is 409 Å². The topological polar surface area (TPSA) is 95.9 Å². The Hall–Kier alpha value is -2.18. The molecule has 0 aliphatic carbocycles. The summed E-state index contributed by atoms with van der Waals surface area (Å²) in [6.45, 7) is 4.98. The number of allylic oxidation sites excluding steroid dienone is 8. The lowest BCUT2D eigenvalue weighted by molar-refractivity contribution is -0.143. The maximum atomic E-state index is 12.6. The molecule has 0 aromatic heterocycles. The summed E-state index contributed by atoms with van der Waals surface area (Å²) in [6.07, 6.45) is 108. The smallest absolute Gasteiger partial charge is 0.305 e. The molecule has 0 radical (unpaired) electrons. The number of ether oxygens (including phenoxy) is 1. The van der Waals surface area contributed by atoms with Crippen molar-refractivity contribution in [1.82, 2.24) is 5.32 Å². The first-order valence-corrected chi connectivity index (χ1v) is 41.9. The molecular weight excluding hydrogens is 1130 g/mol. The van der Waals surface area contributed by atoms with Crippen LogP contribution < -0.4 is 5.32 Å². The standard InChI is InChI=1S/C86H163NO5/c1-3-5-7-9-11-13-15-17-19-21-22-23-24-38-41-44-47-50-54-58-62-66-70-74-78-84(89)83(82-88)87-85(90)79-75-71-67-63-59-55-51-48-45-42-39-36-34-32-30-28-26-25-27-29-31-33-35-37-40-43-46-49-53-57-61-65-69-73-77-81-92-86(91)80-76-72-68-64-60-56-52-20-18-16-14-12-10-8-6-4-2/h14,16,20,27,29,33,35,52,83-84,88-89H,3-13,15,17-19,21-26,28,30-32,34,36-51,53-82H2,1-2H3,(H,87,90)/b16-14-,29-27-,35-33-,52-20-. The molecule has 6 nitrogen and oxygen atoms in total. The molecule has 0 saturated carbocycles. The van der Waals surface area contributed by atoms with Gasteiger partial charge in [-0.25, -0.2) is 0 Å². The van der Waals surface area contributed by atoms with E-state index in [2.05, 4.69) is 67.8 Å². The summed E-state index contributed by atoms with van der Waals surface area (Å²) in [7, 11) is 0. The van der Waals surface area contributed by atoms with E-state index in [1.165, 1.54) is 372 Å². The van der Waals surface area contributed by atoms with Crippen molar-refractivity contribution in [2.45, 2.75) is 475 Å². The normalized spacial score (nSPS) is 12.7. The summed E-state index contributed by atoms with van der Waals surface area (Å²) in [5.41, 5.74) is 0. The summed E-state index contributed by atoms with van der Waals surface area (Å²) < 4.78 is 5.50. The lowest BCUT2D eigenvalue weighted by atomic mass is 10.0. The second-order valence-corrected chi connectivity index (χ2v) is 28.8. The van der Waals surface area contributed by atoms with Crippen molar-refractivity contribution in [2.75, 3.05) is 13.2 Å². The van der Waals surface area contributed by atoms with E-state index >= 15 is 0 Å². The van der Waals surface area contributed by atoms with Crippen molar-refractivity contribution >= 4 is 11.9 Å². The van der Waals surface area contributed by atoms with Crippen LogP contribution in [0, 0.1) is 0 Å². The van der Waals surface area contributed by atoms with Gasteiger partial charge in [-0.3, -0.25) is 9.59 Å². The Morgan fingerprint density at radius 3 is 0.837 bits per heavy atom. The number of carbonyl (C=O) groups excluding carboxylic acids is 2. The molecule has 2 atom stereocenters. The third kappa shape index (κ3) is 76.8. The molecule has 0 rings (SSSR count). The zero-order chi connectivity index (χ0) is 66.3. The predicted octanol–water partition coefficient (Wildman–Crippen LogP) is 27.9. The van der Waals surface area contributed by atoms with Gasteiger partial charge in [-0.2, -0.15) is 0 Å². The van der Waals surface area contributed by atoms with E-state index in [-0.39, 0.29) is 18.5 Å². The molecule has 0 saturated heterocycles. The fourth-order valence-corrected chi connectivity index (χ4v) is 13.2. The quantitative estimate of drug-likeness (QED) is 0.0320. The van der Waals surface area contributed by atoms with Crippen LogP contribution in [0.25, 0.3) is 0 Å². The number of esters is 1. The number of carbonyl (C=O) groups is 2. The number of rotatable bonds is 79. The van der Waals surface area contributed by atoms with Crippen molar-refractivity contribution in [3.63, 3.8) is 0 Å². The first-order chi connectivity index (χ1) is 45.5. The Bertz CT molecular complexity index is 1540. The Kier molecular flexibility index (Phi) is 79.3. The van der Waals surface area contributed by atoms with Crippen LogP contribution in [0.15, 0.2) is 48.6 Å². The van der Waals surface area contributed by atoms with Crippen LogP contribution in [0.4, 0.5) is 0 Å². The van der Waals surface area contributed by atoms with Gasteiger partial charge in [0.2, 0.25) is 5.91 Å². The number of unbranched alkanes of at least 4 members (excludes halogenated alkanes) is 60. The summed E-state index contributed by atoms with van der Waals surface area (Å²) in [5, 5.41) is 23.5. The third-order valence-electron chi connectivity index (χ3n) is 19.6.